The normalized spacial score (nSPS) is 19.8. The van der Waals surface area contributed by atoms with E-state index >= 15 is 0 Å². The van der Waals surface area contributed by atoms with Crippen LogP contribution in [0.5, 0.6) is 0 Å². The van der Waals surface area contributed by atoms with Gasteiger partial charge in [-0.1, -0.05) is 11.6 Å². The van der Waals surface area contributed by atoms with Crippen LogP contribution >= 0.6 is 11.6 Å². The zero-order valence-electron chi connectivity index (χ0n) is 11.4. The van der Waals surface area contributed by atoms with Crippen LogP contribution in [0.1, 0.15) is 23.2 Å². The molecule has 1 aliphatic rings. The molecule has 1 aromatic rings. The molecule has 1 saturated heterocycles. The summed E-state index contributed by atoms with van der Waals surface area (Å²) in [7, 11) is 4.10. The molecule has 4 nitrogen and oxygen atoms in total. The molecule has 2 N–H and O–H groups in total. The summed E-state index contributed by atoms with van der Waals surface area (Å²) in [5, 5.41) is 0.504. The topological polar surface area (TPSA) is 49.6 Å². The van der Waals surface area contributed by atoms with Crippen LogP contribution in [0.25, 0.3) is 0 Å². The quantitative estimate of drug-likeness (QED) is 0.845. The van der Waals surface area contributed by atoms with E-state index in [4.69, 9.17) is 17.3 Å². The molecule has 5 heteroatoms. The highest BCUT2D eigenvalue weighted by molar-refractivity contribution is 6.31. The molecule has 1 atom stereocenters. The van der Waals surface area contributed by atoms with Crippen molar-refractivity contribution < 1.29 is 4.79 Å². The summed E-state index contributed by atoms with van der Waals surface area (Å²) in [5.41, 5.74) is 6.84. The van der Waals surface area contributed by atoms with Gasteiger partial charge in [-0.05, 0) is 45.1 Å². The molecule has 0 aliphatic carbocycles. The first kappa shape index (κ1) is 14.2. The third-order valence-electron chi connectivity index (χ3n) is 3.58. The van der Waals surface area contributed by atoms with Crippen LogP contribution in [0.4, 0.5) is 5.69 Å². The first-order chi connectivity index (χ1) is 8.97. The largest absolute Gasteiger partial charge is 0.399 e. The van der Waals surface area contributed by atoms with Gasteiger partial charge in [-0.15, -0.1) is 0 Å². The Labute approximate surface area is 119 Å². The molecular weight excluding hydrogens is 262 g/mol. The maximum atomic E-state index is 12.5. The smallest absolute Gasteiger partial charge is 0.254 e. The third-order valence-corrected chi connectivity index (χ3v) is 3.80. The zero-order valence-corrected chi connectivity index (χ0v) is 12.2. The average molecular weight is 282 g/mol. The van der Waals surface area contributed by atoms with E-state index in [1.807, 2.05) is 4.90 Å². The van der Waals surface area contributed by atoms with Crippen molar-refractivity contribution in [3.05, 3.63) is 28.8 Å². The van der Waals surface area contributed by atoms with Crippen molar-refractivity contribution in [1.82, 2.24) is 9.80 Å². The Hall–Kier alpha value is -1.26. The number of nitrogens with two attached hydrogens (primary N) is 1. The molecule has 0 spiro atoms. The van der Waals surface area contributed by atoms with Gasteiger partial charge in [0.15, 0.2) is 0 Å². The number of hydrogen-bond donors (Lipinski definition) is 1. The van der Waals surface area contributed by atoms with Crippen LogP contribution in [0, 0.1) is 0 Å². The number of piperidine rings is 1. The Kier molecular flexibility index (Phi) is 4.32. The zero-order chi connectivity index (χ0) is 14.0. The fourth-order valence-corrected chi connectivity index (χ4v) is 2.72. The van der Waals surface area contributed by atoms with E-state index in [1.165, 1.54) is 0 Å². The van der Waals surface area contributed by atoms with Crippen molar-refractivity contribution in [2.45, 2.75) is 18.9 Å². The molecule has 1 unspecified atom stereocenters. The van der Waals surface area contributed by atoms with Crippen LogP contribution in [0.15, 0.2) is 18.2 Å². The average Bonchev–Trinajstić information content (AvgIpc) is 2.37. The third kappa shape index (κ3) is 3.39. The van der Waals surface area contributed by atoms with E-state index in [2.05, 4.69) is 19.0 Å². The standard InChI is InChI=1S/C14H20ClN3O/c1-17(2)13-4-3-5-18(9-13)14(19)10-6-11(15)8-12(16)7-10/h6-8,13H,3-5,9,16H2,1-2H3. The van der Waals surface area contributed by atoms with Crippen LogP contribution in [0.3, 0.4) is 0 Å². The summed E-state index contributed by atoms with van der Waals surface area (Å²) < 4.78 is 0. The summed E-state index contributed by atoms with van der Waals surface area (Å²) in [6.45, 7) is 1.56. The number of benzene rings is 1. The lowest BCUT2D eigenvalue weighted by molar-refractivity contribution is 0.0635. The SMILES string of the molecule is CN(C)C1CCCN(C(=O)c2cc(N)cc(Cl)c2)C1. The van der Waals surface area contributed by atoms with Crippen molar-refractivity contribution >= 4 is 23.2 Å². The molecule has 0 saturated carbocycles. The molecule has 0 bridgehead atoms. The van der Waals surface area contributed by atoms with Gasteiger partial charge >= 0.3 is 0 Å². The molecule has 19 heavy (non-hydrogen) atoms. The van der Waals surface area contributed by atoms with E-state index in [1.54, 1.807) is 18.2 Å². The number of likely N-dealkylation sites (tertiary alicyclic amines) is 1. The van der Waals surface area contributed by atoms with E-state index in [0.717, 1.165) is 25.9 Å². The predicted octanol–water partition coefficient (Wildman–Crippen LogP) is 2.09. The van der Waals surface area contributed by atoms with Crippen LogP contribution in [-0.2, 0) is 0 Å². The van der Waals surface area contributed by atoms with E-state index < -0.39 is 0 Å². The van der Waals surface area contributed by atoms with Gasteiger partial charge in [0.1, 0.15) is 0 Å². The highest BCUT2D eigenvalue weighted by Crippen LogP contribution is 2.21. The number of rotatable bonds is 2. The Bertz CT molecular complexity index is 456. The first-order valence-corrected chi connectivity index (χ1v) is 6.87. The Balaban J connectivity index is 2.14. The minimum Gasteiger partial charge on any atom is -0.399 e. The number of anilines is 1. The van der Waals surface area contributed by atoms with Crippen molar-refractivity contribution in [2.75, 3.05) is 32.9 Å². The Morgan fingerprint density at radius 3 is 2.79 bits per heavy atom. The maximum absolute atomic E-state index is 12.5. The monoisotopic (exact) mass is 281 g/mol. The summed E-state index contributed by atoms with van der Waals surface area (Å²) in [6.07, 6.45) is 2.17. The predicted molar refractivity (Wildman–Crippen MR) is 78.5 cm³/mol. The fourth-order valence-electron chi connectivity index (χ4n) is 2.48. The molecule has 1 amide bonds. The minimum atomic E-state index is 0.0146. The molecule has 1 fully saturated rings. The van der Waals surface area contributed by atoms with E-state index in [9.17, 15) is 4.79 Å². The molecular formula is C14H20ClN3O. The molecule has 2 rings (SSSR count). The highest BCUT2D eigenvalue weighted by Gasteiger charge is 2.25. The second-order valence-electron chi connectivity index (χ2n) is 5.28. The summed E-state index contributed by atoms with van der Waals surface area (Å²) >= 11 is 5.95. The molecule has 1 aromatic carbocycles. The molecule has 1 heterocycles. The summed E-state index contributed by atoms with van der Waals surface area (Å²) in [4.78, 5) is 16.5. The number of nitrogens with zero attached hydrogens (tertiary/aromatic N) is 2. The Morgan fingerprint density at radius 1 is 1.42 bits per heavy atom. The van der Waals surface area contributed by atoms with Crippen molar-refractivity contribution in [1.29, 1.82) is 0 Å². The lowest BCUT2D eigenvalue weighted by Gasteiger charge is -2.36. The lowest BCUT2D eigenvalue weighted by Crippen LogP contribution is -2.47. The van der Waals surface area contributed by atoms with Gasteiger partial charge in [0.25, 0.3) is 5.91 Å². The number of amides is 1. The second-order valence-corrected chi connectivity index (χ2v) is 5.72. The number of hydrogen-bond acceptors (Lipinski definition) is 3. The minimum absolute atomic E-state index is 0.0146. The number of likely N-dealkylation sites (N-methyl/N-ethyl adjacent to an activating group) is 1. The summed E-state index contributed by atoms with van der Waals surface area (Å²) in [5.74, 6) is 0.0146. The van der Waals surface area contributed by atoms with Crippen molar-refractivity contribution in [3.63, 3.8) is 0 Å². The van der Waals surface area contributed by atoms with Gasteiger partial charge in [-0.3, -0.25) is 4.79 Å². The number of halogens is 1. The molecule has 104 valence electrons. The molecule has 0 aromatic heterocycles. The second kappa shape index (κ2) is 5.80. The van der Waals surface area contributed by atoms with Crippen LogP contribution < -0.4 is 5.73 Å². The highest BCUT2D eigenvalue weighted by atomic mass is 35.5. The van der Waals surface area contributed by atoms with Gasteiger partial charge < -0.3 is 15.5 Å². The van der Waals surface area contributed by atoms with Gasteiger partial charge in [-0.2, -0.15) is 0 Å². The van der Waals surface area contributed by atoms with Gasteiger partial charge in [0.2, 0.25) is 0 Å². The van der Waals surface area contributed by atoms with Crippen LogP contribution in [-0.4, -0.2) is 48.9 Å². The summed E-state index contributed by atoms with van der Waals surface area (Å²) in [6, 6.07) is 5.44. The van der Waals surface area contributed by atoms with Crippen molar-refractivity contribution in [3.8, 4) is 0 Å². The van der Waals surface area contributed by atoms with E-state index in [-0.39, 0.29) is 5.91 Å². The lowest BCUT2D eigenvalue weighted by atomic mass is 10.0. The van der Waals surface area contributed by atoms with Crippen molar-refractivity contribution in [2.24, 2.45) is 0 Å². The van der Waals surface area contributed by atoms with Crippen LogP contribution in [0.2, 0.25) is 5.02 Å². The van der Waals surface area contributed by atoms with Gasteiger partial charge in [-0.25, -0.2) is 0 Å². The Morgan fingerprint density at radius 2 is 2.16 bits per heavy atom. The fraction of sp³-hybridized carbons (Fsp3) is 0.500. The maximum Gasteiger partial charge on any atom is 0.254 e. The number of carbonyl (C=O) groups excluding carboxylic acids is 1. The molecule has 1 aliphatic heterocycles. The van der Waals surface area contributed by atoms with Gasteiger partial charge in [0.05, 0.1) is 0 Å². The van der Waals surface area contributed by atoms with E-state index in [0.29, 0.717) is 22.3 Å². The first-order valence-electron chi connectivity index (χ1n) is 6.49. The number of carbonyl (C=O) groups is 1. The van der Waals surface area contributed by atoms with Gasteiger partial charge in [0, 0.05) is 35.4 Å². The number of nitrogen functional groups attached to an aromatic ring is 1. The molecule has 0 radical (unpaired) electrons.